The SMILES string of the molecule is C[C@@H]1O[C@@H](O[C@H]2[C@H](OC(=O)[C@]34CCC(C)(C)C[C@H]3C3=CC[C@H]5[C@@]6(C)CC[C@H](O[C@@H]7O[C@H](C(=O)O)[C@@H](O)[C@H](O)[C@H]7O)C(C)(C)[C@H]6CC[C@@]5(C)[C@@]3(C)C[C@@H]4O)OC[C@H](O)[C@@H]2O)[C@H](O)[C@H](O)[C@H]1O[C@@H]1OC[C@@H](O)[C@H](O[C@@H]2OC[C@@H](O)[C@H](O)[C@H]2O)[C@H]1O. The third-order valence-electron chi connectivity index (χ3n) is 22.3. The average molecular weight is 1190 g/mol. The molecule has 83 heavy (non-hydrogen) atoms. The Hall–Kier alpha value is -2.20. The molecule has 10 rings (SSSR count). The van der Waals surface area contributed by atoms with E-state index in [-0.39, 0.29) is 35.5 Å². The second-order valence-corrected chi connectivity index (χ2v) is 27.9. The van der Waals surface area contributed by atoms with Crippen molar-refractivity contribution >= 4 is 11.9 Å². The normalized spacial score (nSPS) is 54.2. The van der Waals surface area contributed by atoms with Crippen molar-refractivity contribution in [2.24, 2.45) is 50.2 Å². The molecule has 14 N–H and O–H groups in total. The second-order valence-electron chi connectivity index (χ2n) is 27.9. The summed E-state index contributed by atoms with van der Waals surface area (Å²) in [4.78, 5) is 27.4. The van der Waals surface area contributed by atoms with Crippen molar-refractivity contribution in [2.75, 3.05) is 19.8 Å². The lowest BCUT2D eigenvalue weighted by molar-refractivity contribution is -0.375. The number of ether oxygens (including phenoxy) is 10. The van der Waals surface area contributed by atoms with Crippen LogP contribution < -0.4 is 0 Å². The molecule has 474 valence electrons. The van der Waals surface area contributed by atoms with Gasteiger partial charge in [0.1, 0.15) is 90.9 Å². The van der Waals surface area contributed by atoms with Crippen LogP contribution in [0.5, 0.6) is 0 Å². The summed E-state index contributed by atoms with van der Waals surface area (Å²) >= 11 is 0. The number of carboxylic acid groups (broad SMARTS) is 1. The van der Waals surface area contributed by atoms with Gasteiger partial charge in [-0.2, -0.15) is 0 Å². The van der Waals surface area contributed by atoms with Gasteiger partial charge in [-0.15, -0.1) is 0 Å². The fourth-order valence-electron chi connectivity index (χ4n) is 17.2. The maximum Gasteiger partial charge on any atom is 0.335 e. The number of fused-ring (bicyclic) bond motifs is 7. The third-order valence-corrected chi connectivity index (χ3v) is 22.3. The summed E-state index contributed by atoms with van der Waals surface area (Å²) in [6, 6.07) is 0. The Bertz CT molecular complexity index is 2380. The van der Waals surface area contributed by atoms with Crippen LogP contribution in [-0.4, -0.2) is 251 Å². The molecule has 0 bridgehead atoms. The van der Waals surface area contributed by atoms with Gasteiger partial charge in [-0.05, 0) is 110 Å². The number of hydrogen-bond acceptors (Lipinski definition) is 25. The molecule has 26 nitrogen and oxygen atoms in total. The Kier molecular flexibility index (Phi) is 17.7. The van der Waals surface area contributed by atoms with Gasteiger partial charge in [0.05, 0.1) is 38.1 Å². The molecule has 0 radical (unpaired) electrons. The summed E-state index contributed by atoms with van der Waals surface area (Å²) in [5, 5.41) is 152. The first-order chi connectivity index (χ1) is 38.7. The lowest BCUT2D eigenvalue weighted by atomic mass is 9.33. The van der Waals surface area contributed by atoms with Crippen LogP contribution in [0.25, 0.3) is 0 Å². The Balaban J connectivity index is 0.844. The van der Waals surface area contributed by atoms with Crippen molar-refractivity contribution in [2.45, 2.75) is 261 Å². The summed E-state index contributed by atoms with van der Waals surface area (Å²) in [5.41, 5.74) is -2.53. The number of carboxylic acids is 1. The fraction of sp³-hybridized carbons (Fsp3) is 0.930. The third kappa shape index (κ3) is 10.6. The van der Waals surface area contributed by atoms with E-state index in [1.54, 1.807) is 0 Å². The van der Waals surface area contributed by atoms with E-state index in [0.29, 0.717) is 32.1 Å². The summed E-state index contributed by atoms with van der Waals surface area (Å²) in [6.07, 6.45) is -31.1. The standard InChI is InChI=1S/C57H90O26/c1-22-41(79-47-40(70)42(27(60)21-75-47)80-46-37(67)32(62)25(58)19-74-46)36(66)39(69)48(77-22)82-44-33(63)26(59)20-76-50(44)83-51(73)57-16-15-52(2,3)17-24(57)23-9-10-29-54(6)13-12-31(78-49-38(68)34(64)35(65)43(81-49)45(71)72)53(4,5)28(54)11-14-55(29,7)56(23,8)18-30(57)61/h9,22,24-44,46-50,58-70H,10-21H2,1-8H3,(H,71,72)/t22-,24-,25+,26-,27+,28+,29-,30-,31-,32-,33-,34-,35-,36-,37+,38+,39+,40+,41-,42-,43-,44+,46-,47-,48-,49+,50-,54-,55+,56-,57+/m0/s1. The number of aliphatic hydroxyl groups excluding tert-OH is 13. The van der Waals surface area contributed by atoms with Gasteiger partial charge >= 0.3 is 11.9 Å². The minimum absolute atomic E-state index is 0.0683. The first-order valence-corrected chi connectivity index (χ1v) is 29.5. The van der Waals surface area contributed by atoms with Crippen LogP contribution in [0.3, 0.4) is 0 Å². The van der Waals surface area contributed by atoms with E-state index in [1.807, 2.05) is 0 Å². The van der Waals surface area contributed by atoms with Gasteiger partial charge in [0.25, 0.3) is 0 Å². The lowest BCUT2D eigenvalue weighted by Gasteiger charge is -2.71. The zero-order valence-electron chi connectivity index (χ0n) is 48.3. The molecule has 4 saturated carbocycles. The van der Waals surface area contributed by atoms with Crippen molar-refractivity contribution in [3.05, 3.63) is 11.6 Å². The van der Waals surface area contributed by atoms with Crippen LogP contribution >= 0.6 is 0 Å². The lowest BCUT2D eigenvalue weighted by Crippen LogP contribution is -2.68. The van der Waals surface area contributed by atoms with Gasteiger partial charge < -0.3 is 119 Å². The number of hydrogen-bond donors (Lipinski definition) is 14. The highest BCUT2D eigenvalue weighted by Crippen LogP contribution is 2.76. The number of carbonyl (C=O) groups excluding carboxylic acids is 1. The molecule has 0 unspecified atom stereocenters. The molecule has 31 atom stereocenters. The zero-order chi connectivity index (χ0) is 60.6. The molecule has 5 aliphatic heterocycles. The van der Waals surface area contributed by atoms with Crippen molar-refractivity contribution in [3.63, 3.8) is 0 Å². The maximum atomic E-state index is 15.4. The van der Waals surface area contributed by atoms with Gasteiger partial charge in [0.15, 0.2) is 37.4 Å². The summed E-state index contributed by atoms with van der Waals surface area (Å²) in [5.74, 6) is -2.64. The molecule has 26 heteroatoms. The zero-order valence-corrected chi connectivity index (χ0v) is 48.3. The molecule has 0 aromatic heterocycles. The van der Waals surface area contributed by atoms with E-state index in [2.05, 4.69) is 54.5 Å². The smallest absolute Gasteiger partial charge is 0.335 e. The highest BCUT2D eigenvalue weighted by molar-refractivity contribution is 5.80. The molecule has 0 aromatic carbocycles. The van der Waals surface area contributed by atoms with E-state index in [1.165, 1.54) is 6.92 Å². The number of esters is 1. The number of aliphatic hydroxyl groups is 13. The number of rotatable bonds is 11. The van der Waals surface area contributed by atoms with Crippen LogP contribution in [-0.2, 0) is 57.0 Å². The van der Waals surface area contributed by atoms with Gasteiger partial charge in [-0.3, -0.25) is 4.79 Å². The van der Waals surface area contributed by atoms with Crippen LogP contribution in [0.1, 0.15) is 113 Å². The Labute approximate surface area is 481 Å². The number of allylic oxidation sites excluding steroid dienone is 2. The van der Waals surface area contributed by atoms with Gasteiger partial charge in [0.2, 0.25) is 6.29 Å². The molecule has 0 amide bonds. The monoisotopic (exact) mass is 1190 g/mol. The first-order valence-electron chi connectivity index (χ1n) is 29.5. The first kappa shape index (κ1) is 63.8. The van der Waals surface area contributed by atoms with E-state index in [4.69, 9.17) is 47.4 Å². The molecule has 5 saturated heterocycles. The number of carbonyl (C=O) groups is 2. The second kappa shape index (κ2) is 23.0. The van der Waals surface area contributed by atoms with Gasteiger partial charge in [-0.1, -0.05) is 60.1 Å². The van der Waals surface area contributed by atoms with Crippen LogP contribution in [0.4, 0.5) is 0 Å². The Morgan fingerprint density at radius 3 is 1.80 bits per heavy atom. The highest BCUT2D eigenvalue weighted by atomic mass is 16.8. The molecule has 0 spiro atoms. The van der Waals surface area contributed by atoms with Crippen molar-refractivity contribution in [1.82, 2.24) is 0 Å². The molecule has 10 aliphatic rings. The minimum Gasteiger partial charge on any atom is -0.479 e. The van der Waals surface area contributed by atoms with E-state index < -0.39 is 207 Å². The van der Waals surface area contributed by atoms with E-state index >= 15 is 4.79 Å². The summed E-state index contributed by atoms with van der Waals surface area (Å²) in [6.45, 7) is 15.4. The Morgan fingerprint density at radius 2 is 1.12 bits per heavy atom. The van der Waals surface area contributed by atoms with E-state index in [9.17, 15) is 76.3 Å². The van der Waals surface area contributed by atoms with Crippen LogP contribution in [0.15, 0.2) is 11.6 Å². The summed E-state index contributed by atoms with van der Waals surface area (Å²) < 4.78 is 58.7. The molecule has 5 heterocycles. The maximum absolute atomic E-state index is 15.4. The Morgan fingerprint density at radius 1 is 0.542 bits per heavy atom. The molecule has 5 aliphatic carbocycles. The number of aliphatic carboxylic acids is 1. The van der Waals surface area contributed by atoms with Gasteiger partial charge in [-0.25, -0.2) is 4.79 Å². The van der Waals surface area contributed by atoms with Crippen LogP contribution in [0.2, 0.25) is 0 Å². The summed E-state index contributed by atoms with van der Waals surface area (Å²) in [7, 11) is 0. The predicted octanol–water partition coefficient (Wildman–Crippen LogP) is -2.20. The molecular formula is C57H90O26. The fourth-order valence-corrected chi connectivity index (χ4v) is 17.2. The van der Waals surface area contributed by atoms with Crippen LogP contribution in [0, 0.1) is 50.2 Å². The highest BCUT2D eigenvalue weighted by Gasteiger charge is 2.72. The quantitative estimate of drug-likeness (QED) is 0.0593. The van der Waals surface area contributed by atoms with Crippen molar-refractivity contribution in [1.29, 1.82) is 0 Å². The van der Waals surface area contributed by atoms with Crippen molar-refractivity contribution in [3.8, 4) is 0 Å². The van der Waals surface area contributed by atoms with Crippen molar-refractivity contribution < 1.29 is 128 Å². The van der Waals surface area contributed by atoms with Gasteiger partial charge in [0, 0.05) is 0 Å². The van der Waals surface area contributed by atoms with E-state index in [0.717, 1.165) is 18.4 Å². The predicted molar refractivity (Wildman–Crippen MR) is 278 cm³/mol. The largest absolute Gasteiger partial charge is 0.479 e. The average Bonchev–Trinajstić information content (AvgIpc) is 0.895. The topological polar surface area (TPSA) is 410 Å². The molecular weight excluding hydrogens is 1100 g/mol. The molecule has 9 fully saturated rings. The molecule has 0 aromatic rings. The minimum atomic E-state index is -1.96.